The van der Waals surface area contributed by atoms with Crippen LogP contribution in [0.5, 0.6) is 0 Å². The SMILES string of the molecule is CC1(C)CCC(O)C(n2ccnc2)C1. The lowest BCUT2D eigenvalue weighted by molar-refractivity contribution is 0.0279. The highest BCUT2D eigenvalue weighted by Gasteiger charge is 2.34. The second-order valence-corrected chi connectivity index (χ2v) is 5.05. The van der Waals surface area contributed by atoms with Gasteiger partial charge >= 0.3 is 0 Å². The molecule has 0 saturated heterocycles. The molecule has 1 heterocycles. The number of aliphatic hydroxyl groups is 1. The number of nitrogens with zero attached hydrogens (tertiary/aromatic N) is 2. The fourth-order valence-corrected chi connectivity index (χ4v) is 2.30. The molecular formula is C11H18N2O. The molecule has 1 aromatic rings. The fraction of sp³-hybridized carbons (Fsp3) is 0.727. The van der Waals surface area contributed by atoms with Gasteiger partial charge in [-0.15, -0.1) is 0 Å². The lowest BCUT2D eigenvalue weighted by Crippen LogP contribution is -2.34. The van der Waals surface area contributed by atoms with E-state index >= 15 is 0 Å². The molecule has 1 aliphatic rings. The molecule has 0 aliphatic heterocycles. The molecular weight excluding hydrogens is 176 g/mol. The predicted molar refractivity (Wildman–Crippen MR) is 54.9 cm³/mol. The van der Waals surface area contributed by atoms with Crippen molar-refractivity contribution in [1.29, 1.82) is 0 Å². The van der Waals surface area contributed by atoms with Gasteiger partial charge in [-0.3, -0.25) is 0 Å². The summed E-state index contributed by atoms with van der Waals surface area (Å²) in [5.41, 5.74) is 0.341. The van der Waals surface area contributed by atoms with Crippen LogP contribution in [0.15, 0.2) is 18.7 Å². The Bertz CT molecular complexity index is 292. The lowest BCUT2D eigenvalue weighted by atomic mass is 9.74. The summed E-state index contributed by atoms with van der Waals surface area (Å²) >= 11 is 0. The molecule has 1 N–H and O–H groups in total. The molecule has 0 spiro atoms. The van der Waals surface area contributed by atoms with E-state index in [0.717, 1.165) is 19.3 Å². The van der Waals surface area contributed by atoms with Crippen molar-refractivity contribution in [1.82, 2.24) is 9.55 Å². The van der Waals surface area contributed by atoms with Crippen LogP contribution in [0.3, 0.4) is 0 Å². The minimum Gasteiger partial charge on any atom is -0.391 e. The number of hydrogen-bond acceptors (Lipinski definition) is 2. The van der Waals surface area contributed by atoms with Gasteiger partial charge in [0.2, 0.25) is 0 Å². The fourth-order valence-electron chi connectivity index (χ4n) is 2.30. The van der Waals surface area contributed by atoms with E-state index in [1.54, 1.807) is 12.5 Å². The van der Waals surface area contributed by atoms with Gasteiger partial charge in [-0.25, -0.2) is 4.98 Å². The average molecular weight is 194 g/mol. The summed E-state index contributed by atoms with van der Waals surface area (Å²) in [6.07, 6.45) is 8.34. The lowest BCUT2D eigenvalue weighted by Gasteiger charge is -2.39. The van der Waals surface area contributed by atoms with E-state index in [4.69, 9.17) is 0 Å². The van der Waals surface area contributed by atoms with Gasteiger partial charge in [-0.05, 0) is 24.7 Å². The Morgan fingerprint density at radius 1 is 1.50 bits per heavy atom. The highest BCUT2D eigenvalue weighted by Crippen LogP contribution is 2.40. The van der Waals surface area contributed by atoms with E-state index in [2.05, 4.69) is 18.8 Å². The molecule has 2 atom stereocenters. The summed E-state index contributed by atoms with van der Waals surface area (Å²) in [6.45, 7) is 4.53. The van der Waals surface area contributed by atoms with Gasteiger partial charge in [0.25, 0.3) is 0 Å². The van der Waals surface area contributed by atoms with Crippen molar-refractivity contribution < 1.29 is 5.11 Å². The molecule has 0 bridgehead atoms. The van der Waals surface area contributed by atoms with Crippen LogP contribution in [0.25, 0.3) is 0 Å². The standard InChI is InChI=1S/C11H18N2O/c1-11(2)4-3-10(14)9(7-11)13-6-5-12-8-13/h5-6,8-10,14H,3-4,7H2,1-2H3. The maximum atomic E-state index is 9.92. The first-order chi connectivity index (χ1) is 6.58. The van der Waals surface area contributed by atoms with Gasteiger partial charge in [-0.2, -0.15) is 0 Å². The predicted octanol–water partition coefficient (Wildman–Crippen LogP) is 2.00. The van der Waals surface area contributed by atoms with Gasteiger partial charge in [0.1, 0.15) is 0 Å². The minimum absolute atomic E-state index is 0.209. The smallest absolute Gasteiger partial charge is 0.0949 e. The molecule has 1 aromatic heterocycles. The first-order valence-electron chi connectivity index (χ1n) is 5.24. The van der Waals surface area contributed by atoms with Gasteiger partial charge in [0.15, 0.2) is 0 Å². The first kappa shape index (κ1) is 9.71. The molecule has 2 unspecified atom stereocenters. The van der Waals surface area contributed by atoms with E-state index in [1.165, 1.54) is 0 Å². The highest BCUT2D eigenvalue weighted by atomic mass is 16.3. The van der Waals surface area contributed by atoms with E-state index in [1.807, 2.05) is 10.8 Å². The Hall–Kier alpha value is -0.830. The van der Waals surface area contributed by atoms with Crippen molar-refractivity contribution >= 4 is 0 Å². The van der Waals surface area contributed by atoms with Crippen molar-refractivity contribution in [2.45, 2.75) is 45.3 Å². The molecule has 2 rings (SSSR count). The Morgan fingerprint density at radius 3 is 2.93 bits per heavy atom. The zero-order valence-corrected chi connectivity index (χ0v) is 8.85. The Labute approximate surface area is 84.8 Å². The molecule has 3 heteroatoms. The van der Waals surface area contributed by atoms with Crippen LogP contribution in [0.1, 0.15) is 39.2 Å². The molecule has 1 saturated carbocycles. The van der Waals surface area contributed by atoms with Crippen LogP contribution < -0.4 is 0 Å². The summed E-state index contributed by atoms with van der Waals surface area (Å²) in [6, 6.07) is 0.209. The third-order valence-corrected chi connectivity index (χ3v) is 3.23. The van der Waals surface area contributed by atoms with Crippen molar-refractivity contribution in [3.05, 3.63) is 18.7 Å². The third-order valence-electron chi connectivity index (χ3n) is 3.23. The van der Waals surface area contributed by atoms with Gasteiger partial charge in [0, 0.05) is 12.4 Å². The molecule has 3 nitrogen and oxygen atoms in total. The van der Waals surface area contributed by atoms with Crippen molar-refractivity contribution in [3.63, 3.8) is 0 Å². The molecule has 78 valence electrons. The molecule has 1 fully saturated rings. The summed E-state index contributed by atoms with van der Waals surface area (Å²) < 4.78 is 2.03. The van der Waals surface area contributed by atoms with E-state index in [0.29, 0.717) is 5.41 Å². The van der Waals surface area contributed by atoms with E-state index in [9.17, 15) is 5.11 Å². The van der Waals surface area contributed by atoms with Crippen molar-refractivity contribution in [2.24, 2.45) is 5.41 Å². The second-order valence-electron chi connectivity index (χ2n) is 5.05. The maximum Gasteiger partial charge on any atom is 0.0949 e. The topological polar surface area (TPSA) is 38.0 Å². The van der Waals surface area contributed by atoms with Gasteiger partial charge < -0.3 is 9.67 Å². The van der Waals surface area contributed by atoms with E-state index in [-0.39, 0.29) is 12.1 Å². The van der Waals surface area contributed by atoms with Gasteiger partial charge in [0.05, 0.1) is 18.5 Å². The summed E-state index contributed by atoms with van der Waals surface area (Å²) in [4.78, 5) is 4.03. The van der Waals surface area contributed by atoms with Crippen LogP contribution in [-0.4, -0.2) is 20.8 Å². The zero-order chi connectivity index (χ0) is 10.2. The number of hydrogen-bond donors (Lipinski definition) is 1. The van der Waals surface area contributed by atoms with Gasteiger partial charge in [-0.1, -0.05) is 13.8 Å². The van der Waals surface area contributed by atoms with E-state index < -0.39 is 0 Å². The molecule has 0 amide bonds. The Balaban J connectivity index is 2.17. The molecule has 14 heavy (non-hydrogen) atoms. The number of aliphatic hydroxyl groups excluding tert-OH is 1. The highest BCUT2D eigenvalue weighted by molar-refractivity contribution is 4.91. The average Bonchev–Trinajstić information content (AvgIpc) is 2.62. The van der Waals surface area contributed by atoms with Crippen LogP contribution >= 0.6 is 0 Å². The third kappa shape index (κ3) is 1.82. The van der Waals surface area contributed by atoms with Crippen LogP contribution in [0.4, 0.5) is 0 Å². The number of aromatic nitrogens is 2. The minimum atomic E-state index is -0.211. The summed E-state index contributed by atoms with van der Waals surface area (Å²) in [5.74, 6) is 0. The quantitative estimate of drug-likeness (QED) is 0.742. The molecule has 0 radical (unpaired) electrons. The van der Waals surface area contributed by atoms with Crippen LogP contribution in [0.2, 0.25) is 0 Å². The second kappa shape index (κ2) is 3.39. The normalized spacial score (nSPS) is 31.6. The summed E-state index contributed by atoms with van der Waals surface area (Å²) in [7, 11) is 0. The number of rotatable bonds is 1. The largest absolute Gasteiger partial charge is 0.391 e. The number of imidazole rings is 1. The maximum absolute atomic E-state index is 9.92. The van der Waals surface area contributed by atoms with Crippen molar-refractivity contribution in [3.8, 4) is 0 Å². The molecule has 1 aliphatic carbocycles. The Kier molecular flexibility index (Phi) is 2.35. The monoisotopic (exact) mass is 194 g/mol. The van der Waals surface area contributed by atoms with Crippen LogP contribution in [0, 0.1) is 5.41 Å². The first-order valence-corrected chi connectivity index (χ1v) is 5.24. The molecule has 0 aromatic carbocycles. The summed E-state index contributed by atoms with van der Waals surface area (Å²) in [5, 5.41) is 9.92. The zero-order valence-electron chi connectivity index (χ0n) is 8.85. The van der Waals surface area contributed by atoms with Crippen molar-refractivity contribution in [2.75, 3.05) is 0 Å². The Morgan fingerprint density at radius 2 is 2.29 bits per heavy atom. The van der Waals surface area contributed by atoms with Crippen LogP contribution in [-0.2, 0) is 0 Å².